The highest BCUT2D eigenvalue weighted by Crippen LogP contribution is 2.32. The van der Waals surface area contributed by atoms with Crippen LogP contribution in [-0.2, 0) is 6.54 Å². The third-order valence-electron chi connectivity index (χ3n) is 3.60. The van der Waals surface area contributed by atoms with Crippen molar-refractivity contribution in [1.82, 2.24) is 14.9 Å². The molecule has 2 aromatic heterocycles. The Morgan fingerprint density at radius 3 is 2.67 bits per heavy atom. The molecule has 0 aliphatic rings. The standard InChI is InChI=1S/C15H10Br2FN5O4/c1-7-10(6-22-5-9(4-19-22)23(25)26)13(21-27-7)15(24)20-14-11(16)2-8(18)3-12(14)17/h2-5H,6H2,1H3,(H,20,24). The molecule has 0 atom stereocenters. The van der Waals surface area contributed by atoms with Crippen LogP contribution in [0.15, 0.2) is 38.0 Å². The van der Waals surface area contributed by atoms with E-state index in [1.54, 1.807) is 6.92 Å². The molecule has 0 aliphatic carbocycles. The minimum absolute atomic E-state index is 0.00576. The molecule has 0 saturated carbocycles. The zero-order valence-electron chi connectivity index (χ0n) is 13.6. The van der Waals surface area contributed by atoms with Crippen LogP contribution in [0.3, 0.4) is 0 Å². The molecule has 0 fully saturated rings. The monoisotopic (exact) mass is 501 g/mol. The molecule has 0 bridgehead atoms. The number of rotatable bonds is 5. The number of carbonyl (C=O) groups excluding carboxylic acids is 1. The lowest BCUT2D eigenvalue weighted by Gasteiger charge is -2.09. The van der Waals surface area contributed by atoms with E-state index in [2.05, 4.69) is 47.4 Å². The molecule has 9 nitrogen and oxygen atoms in total. The molecule has 0 aliphatic heterocycles. The number of halogens is 3. The highest BCUT2D eigenvalue weighted by molar-refractivity contribution is 9.11. The summed E-state index contributed by atoms with van der Waals surface area (Å²) in [4.78, 5) is 22.8. The van der Waals surface area contributed by atoms with Gasteiger partial charge in [-0.1, -0.05) is 5.16 Å². The van der Waals surface area contributed by atoms with Gasteiger partial charge in [-0.15, -0.1) is 0 Å². The maximum absolute atomic E-state index is 13.4. The van der Waals surface area contributed by atoms with Gasteiger partial charge in [0.15, 0.2) is 5.69 Å². The molecule has 3 aromatic rings. The second kappa shape index (κ2) is 7.56. The third-order valence-corrected chi connectivity index (χ3v) is 4.85. The number of nitro groups is 1. The minimum atomic E-state index is -0.587. The van der Waals surface area contributed by atoms with Gasteiger partial charge in [0.25, 0.3) is 5.91 Å². The number of hydrogen-bond donors (Lipinski definition) is 1. The van der Waals surface area contributed by atoms with E-state index >= 15 is 0 Å². The van der Waals surface area contributed by atoms with Crippen molar-refractivity contribution in [3.8, 4) is 0 Å². The molecule has 3 rings (SSSR count). The summed E-state index contributed by atoms with van der Waals surface area (Å²) in [5.74, 6) is -0.697. The van der Waals surface area contributed by atoms with E-state index < -0.39 is 16.6 Å². The van der Waals surface area contributed by atoms with Gasteiger partial charge in [0.1, 0.15) is 24.0 Å². The summed E-state index contributed by atoms with van der Waals surface area (Å²) in [7, 11) is 0. The van der Waals surface area contributed by atoms with Crippen molar-refractivity contribution in [2.45, 2.75) is 13.5 Å². The van der Waals surface area contributed by atoms with Crippen LogP contribution in [0.1, 0.15) is 21.8 Å². The average molecular weight is 503 g/mol. The summed E-state index contributed by atoms with van der Waals surface area (Å²) < 4.78 is 20.5. The van der Waals surface area contributed by atoms with Crippen molar-refractivity contribution in [2.24, 2.45) is 0 Å². The number of aromatic nitrogens is 3. The molecular formula is C15H10Br2FN5O4. The summed E-state index contributed by atoms with van der Waals surface area (Å²) in [5.41, 5.74) is 0.561. The van der Waals surface area contributed by atoms with Crippen molar-refractivity contribution in [3.05, 3.63) is 66.4 Å². The molecule has 1 amide bonds. The van der Waals surface area contributed by atoms with Gasteiger partial charge in [-0.3, -0.25) is 19.6 Å². The number of carbonyl (C=O) groups is 1. The topological polar surface area (TPSA) is 116 Å². The maximum atomic E-state index is 13.4. The zero-order valence-corrected chi connectivity index (χ0v) is 16.7. The fourth-order valence-corrected chi connectivity index (χ4v) is 3.61. The van der Waals surface area contributed by atoms with Crippen LogP contribution in [0.5, 0.6) is 0 Å². The summed E-state index contributed by atoms with van der Waals surface area (Å²) in [6.45, 7) is 1.67. The Morgan fingerprint density at radius 2 is 2.07 bits per heavy atom. The zero-order chi connectivity index (χ0) is 19.7. The van der Waals surface area contributed by atoms with Gasteiger partial charge >= 0.3 is 5.69 Å². The van der Waals surface area contributed by atoms with Crippen molar-refractivity contribution < 1.29 is 18.6 Å². The fraction of sp³-hybridized carbons (Fsp3) is 0.133. The molecule has 0 radical (unpaired) electrons. The van der Waals surface area contributed by atoms with Gasteiger partial charge in [-0.25, -0.2) is 4.39 Å². The van der Waals surface area contributed by atoms with Gasteiger partial charge in [-0.05, 0) is 50.9 Å². The lowest BCUT2D eigenvalue weighted by atomic mass is 10.2. The Hall–Kier alpha value is -2.60. The van der Waals surface area contributed by atoms with E-state index in [1.807, 2.05) is 0 Å². The van der Waals surface area contributed by atoms with Crippen LogP contribution in [0.2, 0.25) is 0 Å². The first-order valence-electron chi connectivity index (χ1n) is 7.34. The highest BCUT2D eigenvalue weighted by Gasteiger charge is 2.23. The van der Waals surface area contributed by atoms with Crippen molar-refractivity contribution in [2.75, 3.05) is 5.32 Å². The average Bonchev–Trinajstić information content (AvgIpc) is 3.19. The quantitative estimate of drug-likeness (QED) is 0.415. The van der Waals surface area contributed by atoms with Crippen LogP contribution >= 0.6 is 31.9 Å². The van der Waals surface area contributed by atoms with Crippen molar-refractivity contribution in [1.29, 1.82) is 0 Å². The Kier molecular flexibility index (Phi) is 5.37. The maximum Gasteiger partial charge on any atom is 0.307 e. The number of amides is 1. The van der Waals surface area contributed by atoms with Crippen LogP contribution < -0.4 is 5.32 Å². The number of benzene rings is 1. The van der Waals surface area contributed by atoms with E-state index in [4.69, 9.17) is 4.52 Å². The van der Waals surface area contributed by atoms with Crippen molar-refractivity contribution >= 4 is 49.1 Å². The second-order valence-corrected chi connectivity index (χ2v) is 7.13. The molecular weight excluding hydrogens is 493 g/mol. The van der Waals surface area contributed by atoms with Crippen LogP contribution in [0, 0.1) is 22.9 Å². The lowest BCUT2D eigenvalue weighted by molar-refractivity contribution is -0.385. The fourth-order valence-electron chi connectivity index (χ4n) is 2.29. The number of anilines is 1. The van der Waals surface area contributed by atoms with E-state index in [-0.39, 0.29) is 17.9 Å². The highest BCUT2D eigenvalue weighted by atomic mass is 79.9. The first kappa shape index (κ1) is 19.2. The Labute approximate surface area is 167 Å². The molecule has 2 heterocycles. The second-order valence-electron chi connectivity index (χ2n) is 5.42. The van der Waals surface area contributed by atoms with Crippen LogP contribution in [0.4, 0.5) is 15.8 Å². The number of aryl methyl sites for hydroxylation is 1. The number of nitrogens with one attached hydrogen (secondary N) is 1. The first-order valence-corrected chi connectivity index (χ1v) is 8.92. The molecule has 1 aromatic carbocycles. The molecule has 12 heteroatoms. The van der Waals surface area contributed by atoms with Crippen molar-refractivity contribution in [3.63, 3.8) is 0 Å². The summed E-state index contributed by atoms with van der Waals surface area (Å²) in [5, 5.41) is 21.0. The molecule has 0 unspecified atom stereocenters. The summed E-state index contributed by atoms with van der Waals surface area (Å²) in [6, 6.07) is 2.41. The minimum Gasteiger partial charge on any atom is -0.361 e. The first-order chi connectivity index (χ1) is 12.8. The van der Waals surface area contributed by atoms with Gasteiger partial charge < -0.3 is 9.84 Å². The van der Waals surface area contributed by atoms with E-state index in [0.29, 0.717) is 26.0 Å². The molecule has 140 valence electrons. The molecule has 1 N–H and O–H groups in total. The summed E-state index contributed by atoms with van der Waals surface area (Å²) in [6.07, 6.45) is 2.34. The van der Waals surface area contributed by atoms with Crippen LogP contribution in [-0.4, -0.2) is 25.8 Å². The number of nitrogens with zero attached hydrogens (tertiary/aromatic N) is 4. The predicted octanol–water partition coefficient (Wildman–Crippen LogP) is 4.05. The molecule has 0 saturated heterocycles. The summed E-state index contributed by atoms with van der Waals surface area (Å²) >= 11 is 6.37. The van der Waals surface area contributed by atoms with E-state index in [1.165, 1.54) is 23.0 Å². The normalized spacial score (nSPS) is 10.8. The lowest BCUT2D eigenvalue weighted by Crippen LogP contribution is -2.16. The predicted molar refractivity (Wildman–Crippen MR) is 99.0 cm³/mol. The number of hydrogen-bond acceptors (Lipinski definition) is 6. The van der Waals surface area contributed by atoms with E-state index in [9.17, 15) is 19.3 Å². The Balaban J connectivity index is 1.87. The smallest absolute Gasteiger partial charge is 0.307 e. The Bertz CT molecular complexity index is 1030. The third kappa shape index (κ3) is 4.06. The molecule has 0 spiro atoms. The van der Waals surface area contributed by atoms with Crippen LogP contribution in [0.25, 0.3) is 0 Å². The SMILES string of the molecule is Cc1onc(C(=O)Nc2c(Br)cc(F)cc2Br)c1Cn1cc([N+](=O)[O-])cn1. The van der Waals surface area contributed by atoms with Gasteiger partial charge in [0, 0.05) is 14.5 Å². The van der Waals surface area contributed by atoms with E-state index in [0.717, 1.165) is 6.20 Å². The largest absolute Gasteiger partial charge is 0.361 e. The molecule has 27 heavy (non-hydrogen) atoms. The van der Waals surface area contributed by atoms with Gasteiger partial charge in [0.2, 0.25) is 0 Å². The Morgan fingerprint density at radius 1 is 1.41 bits per heavy atom. The van der Waals surface area contributed by atoms with Gasteiger partial charge in [-0.2, -0.15) is 5.10 Å². The van der Waals surface area contributed by atoms with Gasteiger partial charge in [0.05, 0.1) is 17.2 Å².